The average molecular weight is 322 g/mol. The van der Waals surface area contributed by atoms with Gasteiger partial charge in [0.2, 0.25) is 0 Å². The molecule has 0 bridgehead atoms. The van der Waals surface area contributed by atoms with E-state index >= 15 is 0 Å². The van der Waals surface area contributed by atoms with Crippen LogP contribution in [0.15, 0.2) is 42.0 Å². The van der Waals surface area contributed by atoms with Crippen molar-refractivity contribution >= 4 is 28.1 Å². The molecule has 0 unspecified atom stereocenters. The van der Waals surface area contributed by atoms with Crippen molar-refractivity contribution in [2.75, 3.05) is 6.61 Å². The van der Waals surface area contributed by atoms with Gasteiger partial charge >= 0.3 is 5.97 Å². The van der Waals surface area contributed by atoms with Gasteiger partial charge in [0.15, 0.2) is 5.78 Å². The topological polar surface area (TPSA) is 43.4 Å². The van der Waals surface area contributed by atoms with E-state index in [9.17, 15) is 9.59 Å². The molecule has 0 saturated heterocycles. The van der Waals surface area contributed by atoms with Crippen LogP contribution in [0, 0.1) is 0 Å². The van der Waals surface area contributed by atoms with Gasteiger partial charge in [0, 0.05) is 12.0 Å². The van der Waals surface area contributed by atoms with Gasteiger partial charge in [-0.1, -0.05) is 42.0 Å². The maximum Gasteiger partial charge on any atom is 0.306 e. The highest BCUT2D eigenvalue weighted by atomic mass is 16.5. The van der Waals surface area contributed by atoms with Gasteiger partial charge in [-0.2, -0.15) is 0 Å². The van der Waals surface area contributed by atoms with E-state index in [1.54, 1.807) is 6.92 Å². The number of ether oxygens (including phenoxy) is 1. The lowest BCUT2D eigenvalue weighted by atomic mass is 9.81. The SMILES string of the molecule is CCOC(=O)CCC(=O)C1=C(C)CCc2c1ccc1ccccc21. The number of benzene rings is 2. The van der Waals surface area contributed by atoms with E-state index in [1.165, 1.54) is 16.3 Å². The molecule has 3 nitrogen and oxygen atoms in total. The summed E-state index contributed by atoms with van der Waals surface area (Å²) < 4.78 is 4.93. The molecule has 0 amide bonds. The molecule has 0 spiro atoms. The molecule has 3 rings (SSSR count). The Hall–Kier alpha value is -2.42. The van der Waals surface area contributed by atoms with Crippen LogP contribution >= 0.6 is 0 Å². The van der Waals surface area contributed by atoms with Crippen molar-refractivity contribution in [1.29, 1.82) is 0 Å². The van der Waals surface area contributed by atoms with E-state index in [0.717, 1.165) is 29.6 Å². The number of rotatable bonds is 5. The van der Waals surface area contributed by atoms with E-state index in [-0.39, 0.29) is 24.6 Å². The number of hydrogen-bond donors (Lipinski definition) is 0. The van der Waals surface area contributed by atoms with Crippen molar-refractivity contribution in [3.05, 3.63) is 53.1 Å². The Morgan fingerprint density at radius 1 is 1.04 bits per heavy atom. The molecule has 1 aliphatic rings. The summed E-state index contributed by atoms with van der Waals surface area (Å²) in [6, 6.07) is 12.4. The Morgan fingerprint density at radius 2 is 1.83 bits per heavy atom. The predicted octanol–water partition coefficient (Wildman–Crippen LogP) is 4.47. The summed E-state index contributed by atoms with van der Waals surface area (Å²) in [5, 5.41) is 2.42. The molecule has 0 aromatic heterocycles. The highest BCUT2D eigenvalue weighted by Gasteiger charge is 2.24. The summed E-state index contributed by atoms with van der Waals surface area (Å²) in [7, 11) is 0. The molecular formula is C21H22O3. The largest absolute Gasteiger partial charge is 0.466 e. The molecule has 0 heterocycles. The summed E-state index contributed by atoms with van der Waals surface area (Å²) in [6.45, 7) is 4.15. The summed E-state index contributed by atoms with van der Waals surface area (Å²) >= 11 is 0. The molecule has 3 heteroatoms. The first kappa shape index (κ1) is 16.4. The first-order chi connectivity index (χ1) is 11.6. The minimum atomic E-state index is -0.307. The Morgan fingerprint density at radius 3 is 2.62 bits per heavy atom. The predicted molar refractivity (Wildman–Crippen MR) is 95.7 cm³/mol. The molecule has 1 aliphatic carbocycles. The van der Waals surface area contributed by atoms with Crippen LogP contribution in [-0.4, -0.2) is 18.4 Å². The van der Waals surface area contributed by atoms with Crippen LogP contribution in [0.5, 0.6) is 0 Å². The van der Waals surface area contributed by atoms with Gasteiger partial charge in [0.25, 0.3) is 0 Å². The Kier molecular flexibility index (Phi) is 4.79. The minimum absolute atomic E-state index is 0.0387. The number of carbonyl (C=O) groups excluding carboxylic acids is 2. The Labute approximate surface area is 142 Å². The smallest absolute Gasteiger partial charge is 0.306 e. The second-order valence-corrected chi connectivity index (χ2v) is 6.20. The Balaban J connectivity index is 1.93. The van der Waals surface area contributed by atoms with E-state index in [4.69, 9.17) is 4.74 Å². The molecule has 0 radical (unpaired) electrons. The van der Waals surface area contributed by atoms with Crippen LogP contribution in [0.25, 0.3) is 16.3 Å². The number of esters is 1. The fraction of sp³-hybridized carbons (Fsp3) is 0.333. The lowest BCUT2D eigenvalue weighted by Crippen LogP contribution is -2.14. The third-order valence-corrected chi connectivity index (χ3v) is 4.63. The number of ketones is 1. The zero-order valence-electron chi connectivity index (χ0n) is 14.2. The fourth-order valence-corrected chi connectivity index (χ4v) is 3.47. The molecule has 124 valence electrons. The number of Topliss-reactive ketones (excluding diaryl/α,β-unsaturated/α-hetero) is 1. The van der Waals surface area contributed by atoms with Crippen LogP contribution in [-0.2, 0) is 20.7 Å². The minimum Gasteiger partial charge on any atom is -0.466 e. The molecule has 0 atom stereocenters. The summed E-state index contributed by atoms with van der Waals surface area (Å²) in [6.07, 6.45) is 2.20. The molecule has 24 heavy (non-hydrogen) atoms. The van der Waals surface area contributed by atoms with Gasteiger partial charge in [-0.3, -0.25) is 9.59 Å². The summed E-state index contributed by atoms with van der Waals surface area (Å²) in [5.41, 5.74) is 4.20. The lowest BCUT2D eigenvalue weighted by molar-refractivity contribution is -0.144. The second-order valence-electron chi connectivity index (χ2n) is 6.20. The molecule has 2 aromatic rings. The van der Waals surface area contributed by atoms with Crippen LogP contribution < -0.4 is 0 Å². The molecular weight excluding hydrogens is 300 g/mol. The van der Waals surface area contributed by atoms with Gasteiger partial charge in [0.1, 0.15) is 0 Å². The molecule has 0 saturated carbocycles. The van der Waals surface area contributed by atoms with Crippen LogP contribution in [0.4, 0.5) is 0 Å². The Bertz CT molecular complexity index is 830. The number of fused-ring (bicyclic) bond motifs is 3. The number of allylic oxidation sites excluding steroid dienone is 2. The molecule has 0 N–H and O–H groups in total. The normalized spacial score (nSPS) is 13.8. The number of hydrogen-bond acceptors (Lipinski definition) is 3. The zero-order chi connectivity index (χ0) is 17.1. The maximum atomic E-state index is 12.8. The van der Waals surface area contributed by atoms with Gasteiger partial charge in [-0.25, -0.2) is 0 Å². The van der Waals surface area contributed by atoms with Crippen molar-refractivity contribution in [1.82, 2.24) is 0 Å². The first-order valence-corrected chi connectivity index (χ1v) is 8.51. The third kappa shape index (κ3) is 3.12. The van der Waals surface area contributed by atoms with Gasteiger partial charge in [0.05, 0.1) is 13.0 Å². The van der Waals surface area contributed by atoms with Gasteiger partial charge in [-0.05, 0) is 48.6 Å². The summed E-state index contributed by atoms with van der Waals surface area (Å²) in [5.74, 6) is -0.268. The van der Waals surface area contributed by atoms with Crippen molar-refractivity contribution < 1.29 is 14.3 Å². The standard InChI is InChI=1S/C21H22O3/c1-3-24-20(23)13-12-19(22)21-14(2)8-10-17-16-7-5-4-6-15(16)9-11-18(17)21/h4-7,9,11H,3,8,10,12-13H2,1-2H3. The molecule has 0 aliphatic heterocycles. The monoisotopic (exact) mass is 322 g/mol. The van der Waals surface area contributed by atoms with Crippen molar-refractivity contribution in [3.8, 4) is 0 Å². The van der Waals surface area contributed by atoms with E-state index in [2.05, 4.69) is 24.3 Å². The molecule has 0 fully saturated rings. The van der Waals surface area contributed by atoms with Crippen molar-refractivity contribution in [2.45, 2.75) is 39.5 Å². The fourth-order valence-electron chi connectivity index (χ4n) is 3.47. The van der Waals surface area contributed by atoms with E-state index in [1.807, 2.05) is 19.1 Å². The van der Waals surface area contributed by atoms with Crippen molar-refractivity contribution in [3.63, 3.8) is 0 Å². The van der Waals surface area contributed by atoms with Gasteiger partial charge in [-0.15, -0.1) is 0 Å². The van der Waals surface area contributed by atoms with E-state index in [0.29, 0.717) is 6.61 Å². The quantitative estimate of drug-likeness (QED) is 0.763. The second kappa shape index (κ2) is 7.00. The lowest BCUT2D eigenvalue weighted by Gasteiger charge is -2.22. The van der Waals surface area contributed by atoms with E-state index < -0.39 is 0 Å². The van der Waals surface area contributed by atoms with Gasteiger partial charge < -0.3 is 4.74 Å². The maximum absolute atomic E-state index is 12.8. The number of aryl methyl sites for hydroxylation is 1. The highest BCUT2D eigenvalue weighted by molar-refractivity contribution is 6.23. The van der Waals surface area contributed by atoms with Crippen LogP contribution in [0.1, 0.15) is 44.2 Å². The average Bonchev–Trinajstić information content (AvgIpc) is 2.59. The van der Waals surface area contributed by atoms with Crippen LogP contribution in [0.3, 0.4) is 0 Å². The molecule has 2 aromatic carbocycles. The third-order valence-electron chi connectivity index (χ3n) is 4.63. The zero-order valence-corrected chi connectivity index (χ0v) is 14.2. The first-order valence-electron chi connectivity index (χ1n) is 8.51. The van der Waals surface area contributed by atoms with Crippen molar-refractivity contribution in [2.24, 2.45) is 0 Å². The summed E-state index contributed by atoms with van der Waals surface area (Å²) in [4.78, 5) is 24.3. The van der Waals surface area contributed by atoms with Crippen LogP contribution in [0.2, 0.25) is 0 Å². The number of carbonyl (C=O) groups is 2. The highest BCUT2D eigenvalue weighted by Crippen LogP contribution is 2.36.